The molecule has 2 heterocycles. The number of nitrogens with one attached hydrogen (secondary N) is 1. The van der Waals surface area contributed by atoms with Crippen LogP contribution in [-0.4, -0.2) is 46.4 Å². The summed E-state index contributed by atoms with van der Waals surface area (Å²) in [6.07, 6.45) is 0.116. The molecule has 1 saturated heterocycles. The van der Waals surface area contributed by atoms with Gasteiger partial charge in [-0.1, -0.05) is 11.8 Å². The van der Waals surface area contributed by atoms with Crippen molar-refractivity contribution >= 4 is 40.4 Å². The van der Waals surface area contributed by atoms with Gasteiger partial charge in [-0.2, -0.15) is 0 Å². The van der Waals surface area contributed by atoms with Crippen molar-refractivity contribution in [2.24, 2.45) is 4.99 Å². The molecule has 2 aliphatic heterocycles. The van der Waals surface area contributed by atoms with Crippen LogP contribution in [0.15, 0.2) is 29.3 Å². The van der Waals surface area contributed by atoms with Gasteiger partial charge in [-0.25, -0.2) is 9.69 Å². The maximum atomic E-state index is 12.4. The van der Waals surface area contributed by atoms with E-state index in [9.17, 15) is 14.4 Å². The number of aromatic carboxylic acids is 1. The van der Waals surface area contributed by atoms with Gasteiger partial charge < -0.3 is 10.4 Å². The molecule has 1 aromatic rings. The second-order valence-electron chi connectivity index (χ2n) is 4.84. The van der Waals surface area contributed by atoms with Crippen LogP contribution in [0.4, 0.5) is 5.69 Å². The summed E-state index contributed by atoms with van der Waals surface area (Å²) in [5.74, 6) is -1.64. The summed E-state index contributed by atoms with van der Waals surface area (Å²) >= 11 is 1.27. The molecule has 1 aromatic carbocycles. The molecule has 7 nitrogen and oxygen atoms in total. The van der Waals surface area contributed by atoms with Gasteiger partial charge in [0.2, 0.25) is 11.8 Å². The number of hydrogen-bond donors (Lipinski definition) is 2. The molecular formula is C14H13N3O4S. The maximum Gasteiger partial charge on any atom is 0.335 e. The number of hydrogen-bond acceptors (Lipinski definition) is 6. The first kappa shape index (κ1) is 14.6. The van der Waals surface area contributed by atoms with Gasteiger partial charge in [0, 0.05) is 13.0 Å². The zero-order chi connectivity index (χ0) is 15.7. The molecule has 2 amide bonds. The molecule has 0 aliphatic carbocycles. The minimum atomic E-state index is -1.05. The van der Waals surface area contributed by atoms with Crippen LogP contribution in [0.1, 0.15) is 16.8 Å². The predicted octanol–water partition coefficient (Wildman–Crippen LogP) is 0.709. The number of anilines is 1. The highest BCUT2D eigenvalue weighted by Gasteiger charge is 2.41. The van der Waals surface area contributed by atoms with Crippen LogP contribution >= 0.6 is 11.8 Å². The summed E-state index contributed by atoms with van der Waals surface area (Å²) in [5.41, 5.74) is 0.503. The Hall–Kier alpha value is -2.35. The second kappa shape index (κ2) is 5.80. The van der Waals surface area contributed by atoms with E-state index >= 15 is 0 Å². The summed E-state index contributed by atoms with van der Waals surface area (Å²) < 4.78 is 0. The fourth-order valence-corrected chi connectivity index (χ4v) is 3.36. The molecular weight excluding hydrogens is 306 g/mol. The Morgan fingerprint density at radius 3 is 2.64 bits per heavy atom. The number of thioether (sulfide) groups is 1. The number of rotatable bonds is 3. The van der Waals surface area contributed by atoms with Crippen LogP contribution in [0.3, 0.4) is 0 Å². The SMILES string of the molecule is O=C(O)c1ccc(N2C(=O)C[C@@H](SC3=NCCN3)C2=O)cc1. The van der Waals surface area contributed by atoms with E-state index < -0.39 is 11.2 Å². The molecule has 1 fully saturated rings. The zero-order valence-electron chi connectivity index (χ0n) is 11.5. The lowest BCUT2D eigenvalue weighted by Gasteiger charge is -2.15. The third kappa shape index (κ3) is 2.69. The Morgan fingerprint density at radius 2 is 2.05 bits per heavy atom. The van der Waals surface area contributed by atoms with Gasteiger partial charge in [0.1, 0.15) is 5.25 Å². The predicted molar refractivity (Wildman–Crippen MR) is 82.2 cm³/mol. The smallest absolute Gasteiger partial charge is 0.335 e. The summed E-state index contributed by atoms with van der Waals surface area (Å²) in [6.45, 7) is 1.43. The first-order valence-corrected chi connectivity index (χ1v) is 7.59. The lowest BCUT2D eigenvalue weighted by atomic mass is 10.2. The standard InChI is InChI=1S/C14H13N3O4S/c18-11-7-10(22-14-15-5-6-16-14)12(19)17(11)9-3-1-8(2-4-9)13(20)21/h1-4,10H,5-7H2,(H,15,16)(H,20,21)/t10-/m1/s1. The van der Waals surface area contributed by atoms with Gasteiger partial charge in [0.05, 0.1) is 17.8 Å². The van der Waals surface area contributed by atoms with Gasteiger partial charge >= 0.3 is 5.97 Å². The van der Waals surface area contributed by atoms with Crippen molar-refractivity contribution in [1.29, 1.82) is 0 Å². The third-order valence-electron chi connectivity index (χ3n) is 3.38. The number of imide groups is 1. The number of nitrogens with zero attached hydrogens (tertiary/aromatic N) is 2. The number of aliphatic imine (C=N–C) groups is 1. The topological polar surface area (TPSA) is 99.1 Å². The number of carbonyl (C=O) groups is 3. The minimum Gasteiger partial charge on any atom is -0.478 e. The van der Waals surface area contributed by atoms with Crippen molar-refractivity contribution in [2.45, 2.75) is 11.7 Å². The van der Waals surface area contributed by atoms with Crippen LogP contribution in [0.5, 0.6) is 0 Å². The van der Waals surface area contributed by atoms with Crippen molar-refractivity contribution in [3.63, 3.8) is 0 Å². The Bertz CT molecular complexity index is 671. The normalized spacial score (nSPS) is 21.0. The Morgan fingerprint density at radius 1 is 1.32 bits per heavy atom. The number of benzene rings is 1. The highest BCUT2D eigenvalue weighted by molar-refractivity contribution is 8.15. The van der Waals surface area contributed by atoms with Gasteiger partial charge in [-0.15, -0.1) is 0 Å². The van der Waals surface area contributed by atoms with Gasteiger partial charge in [-0.3, -0.25) is 14.6 Å². The molecule has 0 aromatic heterocycles. The lowest BCUT2D eigenvalue weighted by molar-refractivity contribution is -0.121. The molecule has 114 valence electrons. The van der Waals surface area contributed by atoms with E-state index in [1.54, 1.807) is 0 Å². The van der Waals surface area contributed by atoms with Gasteiger partial charge in [0.15, 0.2) is 5.17 Å². The van der Waals surface area contributed by atoms with E-state index in [0.29, 0.717) is 17.4 Å². The van der Waals surface area contributed by atoms with Crippen LogP contribution in [-0.2, 0) is 9.59 Å². The molecule has 2 N–H and O–H groups in total. The molecule has 8 heteroatoms. The van der Waals surface area contributed by atoms with Gasteiger partial charge in [0.25, 0.3) is 0 Å². The summed E-state index contributed by atoms with van der Waals surface area (Å²) in [5, 5.41) is 12.1. The molecule has 1 atom stereocenters. The number of carboxylic acid groups (broad SMARTS) is 1. The molecule has 0 unspecified atom stereocenters. The van der Waals surface area contributed by atoms with Crippen molar-refractivity contribution in [1.82, 2.24) is 5.32 Å². The molecule has 22 heavy (non-hydrogen) atoms. The molecule has 0 saturated carbocycles. The van der Waals surface area contributed by atoms with Crippen molar-refractivity contribution in [2.75, 3.05) is 18.0 Å². The Kier molecular flexibility index (Phi) is 3.84. The second-order valence-corrected chi connectivity index (χ2v) is 6.04. The number of amidine groups is 1. The van der Waals surface area contributed by atoms with Crippen LogP contribution in [0.2, 0.25) is 0 Å². The first-order valence-electron chi connectivity index (χ1n) is 6.71. The summed E-state index contributed by atoms with van der Waals surface area (Å²) in [6, 6.07) is 5.69. The highest BCUT2D eigenvalue weighted by Crippen LogP contribution is 2.30. The Labute approximate surface area is 130 Å². The van der Waals surface area contributed by atoms with Crippen LogP contribution in [0.25, 0.3) is 0 Å². The van der Waals surface area contributed by atoms with E-state index in [1.807, 2.05) is 0 Å². The van der Waals surface area contributed by atoms with Crippen LogP contribution in [0, 0.1) is 0 Å². The largest absolute Gasteiger partial charge is 0.478 e. The highest BCUT2D eigenvalue weighted by atomic mass is 32.2. The third-order valence-corrected chi connectivity index (χ3v) is 4.52. The molecule has 3 rings (SSSR count). The quantitative estimate of drug-likeness (QED) is 0.796. The Balaban J connectivity index is 1.77. The monoisotopic (exact) mass is 319 g/mol. The fraction of sp³-hybridized carbons (Fsp3) is 0.286. The van der Waals surface area contributed by atoms with E-state index in [0.717, 1.165) is 11.4 Å². The van der Waals surface area contributed by atoms with E-state index in [-0.39, 0.29) is 23.8 Å². The molecule has 0 radical (unpaired) electrons. The summed E-state index contributed by atoms with van der Waals surface area (Å²) in [4.78, 5) is 40.7. The lowest BCUT2D eigenvalue weighted by Crippen LogP contribution is -2.32. The fourth-order valence-electron chi connectivity index (χ4n) is 2.31. The van der Waals surface area contributed by atoms with Crippen LogP contribution < -0.4 is 10.2 Å². The van der Waals surface area contributed by atoms with Gasteiger partial charge in [-0.05, 0) is 24.3 Å². The average molecular weight is 319 g/mol. The van der Waals surface area contributed by atoms with E-state index in [2.05, 4.69) is 10.3 Å². The average Bonchev–Trinajstić information content (AvgIpc) is 3.09. The molecule has 0 bridgehead atoms. The number of carbonyl (C=O) groups excluding carboxylic acids is 2. The van der Waals surface area contributed by atoms with Crippen molar-refractivity contribution in [3.8, 4) is 0 Å². The molecule has 2 aliphatic rings. The van der Waals surface area contributed by atoms with Crippen molar-refractivity contribution in [3.05, 3.63) is 29.8 Å². The number of amides is 2. The minimum absolute atomic E-state index is 0.110. The molecule has 0 spiro atoms. The first-order chi connectivity index (χ1) is 10.6. The maximum absolute atomic E-state index is 12.4. The summed E-state index contributed by atoms with van der Waals surface area (Å²) in [7, 11) is 0. The van der Waals surface area contributed by atoms with E-state index in [4.69, 9.17) is 5.11 Å². The van der Waals surface area contributed by atoms with E-state index in [1.165, 1.54) is 36.0 Å². The zero-order valence-corrected chi connectivity index (χ0v) is 12.3. The van der Waals surface area contributed by atoms with Crippen molar-refractivity contribution < 1.29 is 19.5 Å². The number of carboxylic acids is 1.